The standard InChI is InChI=1S/C33H57N7O18P2S.CH4/c34-30-21(18-40(33(45)39-30)31-28(43)29(58-60(49,50)51)23(57-31)19-56-59(46,47)48)4-3-8-35-26(42)7-10-52-12-14-54-16-17-55-15-13-53-11-9-36-25(41)6-2-1-5-24-27-22(20-61-24)37-32(44)38-27;/h18,22-24,27-29,31,43H,1-17,19-20H2,(H,35,42)(H,36,41)(H2,34,39,45)(H2,37,38,44)(H2,46,47,48)(H2,49,50,51);1H4/t22-,23+,24-,27-,28-,29?,31+;/m0./s1. The third-order valence-corrected chi connectivity index (χ3v) is 12.0. The van der Waals surface area contributed by atoms with Crippen molar-refractivity contribution < 1.29 is 80.9 Å². The average molecular weight is 950 g/mol. The molecule has 3 aliphatic rings. The van der Waals surface area contributed by atoms with E-state index in [-0.39, 0.29) is 75.8 Å². The molecule has 0 bridgehead atoms. The number of fused-ring (bicyclic) bond motifs is 1. The summed E-state index contributed by atoms with van der Waals surface area (Å²) in [5.41, 5.74) is 5.21. The molecule has 1 aromatic rings. The highest BCUT2D eigenvalue weighted by Gasteiger charge is 2.49. The molecular formula is C34H61N7O18P2S. The number of hydrogen-bond donors (Lipinski definition) is 10. The number of unbranched alkanes of at least 4 members (excludes halogenated alkanes) is 1. The van der Waals surface area contributed by atoms with Crippen LogP contribution in [0.1, 0.15) is 57.7 Å². The van der Waals surface area contributed by atoms with Gasteiger partial charge in [0.2, 0.25) is 11.8 Å². The minimum Gasteiger partial charge on any atom is -0.386 e. The minimum atomic E-state index is -5.24. The molecular weight excluding hydrogens is 888 g/mol. The molecule has 25 nitrogen and oxygen atoms in total. The Balaban J connectivity index is 0.0000102. The van der Waals surface area contributed by atoms with E-state index < -0.39 is 52.5 Å². The number of thioether (sulfide) groups is 1. The molecule has 0 aliphatic carbocycles. The third kappa shape index (κ3) is 19.1. The Morgan fingerprint density at radius 1 is 0.887 bits per heavy atom. The fourth-order valence-corrected chi connectivity index (χ4v) is 9.05. The molecule has 4 amide bonds. The van der Waals surface area contributed by atoms with Gasteiger partial charge in [-0.05, 0) is 25.7 Å². The number of nitrogens with zero attached hydrogens (tertiary/aromatic N) is 2. The summed E-state index contributed by atoms with van der Waals surface area (Å²) in [6, 6.07) is 0.303. The van der Waals surface area contributed by atoms with E-state index in [0.29, 0.717) is 69.8 Å². The Kier molecular flexibility index (Phi) is 23.2. The van der Waals surface area contributed by atoms with E-state index in [4.69, 9.17) is 39.2 Å². The molecule has 3 aliphatic heterocycles. The summed E-state index contributed by atoms with van der Waals surface area (Å²) in [6.45, 7) is 2.25. The second kappa shape index (κ2) is 26.9. The van der Waals surface area contributed by atoms with Crippen molar-refractivity contribution >= 4 is 51.1 Å². The number of amides is 4. The van der Waals surface area contributed by atoms with E-state index in [0.717, 1.165) is 29.6 Å². The number of carbonyl (C=O) groups is 3. The van der Waals surface area contributed by atoms with Crippen molar-refractivity contribution in [2.75, 3.05) is 84.0 Å². The van der Waals surface area contributed by atoms with Crippen LogP contribution in [0.5, 0.6) is 0 Å². The van der Waals surface area contributed by atoms with Crippen LogP contribution in [0.4, 0.5) is 10.6 Å². The smallest absolute Gasteiger partial charge is 0.386 e. The van der Waals surface area contributed by atoms with Crippen LogP contribution in [-0.2, 0) is 57.9 Å². The first kappa shape index (κ1) is 53.6. The zero-order chi connectivity index (χ0) is 44.4. The van der Waals surface area contributed by atoms with Crippen molar-refractivity contribution in [3.63, 3.8) is 0 Å². The molecule has 7 atom stereocenters. The molecule has 1 aromatic heterocycles. The van der Waals surface area contributed by atoms with Gasteiger partial charge in [0.1, 0.15) is 24.1 Å². The van der Waals surface area contributed by atoms with Crippen LogP contribution < -0.4 is 32.7 Å². The molecule has 28 heteroatoms. The summed E-state index contributed by atoms with van der Waals surface area (Å²) in [7, 11) is -10.3. The van der Waals surface area contributed by atoms with Crippen molar-refractivity contribution in [1.29, 1.82) is 0 Å². The van der Waals surface area contributed by atoms with Crippen LogP contribution in [0.3, 0.4) is 0 Å². The first-order chi connectivity index (χ1) is 29.0. The molecule has 62 heavy (non-hydrogen) atoms. The number of rotatable bonds is 30. The van der Waals surface area contributed by atoms with Crippen LogP contribution in [0, 0.1) is 0 Å². The summed E-state index contributed by atoms with van der Waals surface area (Å²) in [4.78, 5) is 88.7. The number of aryl methyl sites for hydroxylation is 1. The van der Waals surface area contributed by atoms with E-state index in [1.807, 2.05) is 11.8 Å². The number of aromatic nitrogens is 2. The number of nitrogens with two attached hydrogens (primary N) is 1. The van der Waals surface area contributed by atoms with E-state index in [1.54, 1.807) is 0 Å². The highest BCUT2D eigenvalue weighted by molar-refractivity contribution is 8.00. The number of nitrogens with one attached hydrogen (secondary N) is 4. The Labute approximate surface area is 362 Å². The molecule has 4 rings (SSSR count). The molecule has 0 saturated carbocycles. The number of aliphatic hydroxyl groups excluding tert-OH is 1. The van der Waals surface area contributed by atoms with Gasteiger partial charge in [0, 0.05) is 48.7 Å². The van der Waals surface area contributed by atoms with Crippen molar-refractivity contribution in [1.82, 2.24) is 30.8 Å². The molecule has 3 saturated heterocycles. The Hall–Kier alpha value is -2.78. The van der Waals surface area contributed by atoms with Gasteiger partial charge in [-0.2, -0.15) is 16.7 Å². The van der Waals surface area contributed by atoms with Crippen LogP contribution in [0.25, 0.3) is 0 Å². The van der Waals surface area contributed by atoms with Crippen LogP contribution in [0.15, 0.2) is 11.0 Å². The van der Waals surface area contributed by atoms with Gasteiger partial charge in [0.25, 0.3) is 0 Å². The van der Waals surface area contributed by atoms with E-state index in [2.05, 4.69) is 35.3 Å². The molecule has 356 valence electrons. The number of anilines is 1. The fourth-order valence-electron chi connectivity index (χ4n) is 6.59. The number of nitrogen functional groups attached to an aromatic ring is 1. The normalized spacial score (nSPS) is 23.4. The number of hydrogen-bond acceptors (Lipinski definition) is 17. The van der Waals surface area contributed by atoms with Gasteiger partial charge in [-0.1, -0.05) is 13.8 Å². The lowest BCUT2D eigenvalue weighted by Gasteiger charge is -2.21. The molecule has 1 unspecified atom stereocenters. The maximum absolute atomic E-state index is 12.6. The van der Waals surface area contributed by atoms with Crippen LogP contribution >= 0.6 is 27.4 Å². The van der Waals surface area contributed by atoms with Gasteiger partial charge in [0.05, 0.1) is 71.5 Å². The zero-order valence-corrected chi connectivity index (χ0v) is 36.0. The second-order valence-electron chi connectivity index (χ2n) is 14.1. The Morgan fingerprint density at radius 2 is 1.52 bits per heavy atom. The molecule has 4 heterocycles. The summed E-state index contributed by atoms with van der Waals surface area (Å²) < 4.78 is 59.7. The number of carbonyl (C=O) groups excluding carboxylic acids is 3. The SMILES string of the molecule is C.Nc1nc(=O)n([C@@H]2O[C@H](COP(=O)(O)O)C(OP(=O)(O)O)[C@@H]2O)cc1CCCNC(=O)CCOCCOCCOCCOCCNC(=O)CCCC[C@@H]1SC[C@@H]2NC(=O)N[C@@H]21. The van der Waals surface area contributed by atoms with Gasteiger partial charge in [-0.15, -0.1) is 0 Å². The molecule has 0 aromatic carbocycles. The number of phosphoric acid groups is 2. The fraction of sp³-hybridized carbons (Fsp3) is 0.794. The first-order valence-corrected chi connectivity index (χ1v) is 23.8. The first-order valence-electron chi connectivity index (χ1n) is 19.7. The van der Waals surface area contributed by atoms with E-state index >= 15 is 0 Å². The predicted octanol–water partition coefficient (Wildman–Crippen LogP) is -1.35. The largest absolute Gasteiger partial charge is 0.470 e. The zero-order valence-electron chi connectivity index (χ0n) is 33.4. The lowest BCUT2D eigenvalue weighted by molar-refractivity contribution is -0.122. The molecule has 11 N–H and O–H groups in total. The van der Waals surface area contributed by atoms with Gasteiger partial charge in [-0.3, -0.25) is 23.2 Å². The van der Waals surface area contributed by atoms with E-state index in [9.17, 15) is 43.2 Å². The maximum Gasteiger partial charge on any atom is 0.470 e. The quantitative estimate of drug-likeness (QED) is 0.0242. The van der Waals surface area contributed by atoms with E-state index in [1.165, 1.54) is 6.20 Å². The number of phosphoric ester groups is 2. The highest BCUT2D eigenvalue weighted by Crippen LogP contribution is 2.45. The van der Waals surface area contributed by atoms with Gasteiger partial charge < -0.3 is 75.4 Å². The summed E-state index contributed by atoms with van der Waals surface area (Å²) in [6.07, 6.45) is -2.03. The summed E-state index contributed by atoms with van der Waals surface area (Å²) >= 11 is 1.87. The van der Waals surface area contributed by atoms with Gasteiger partial charge in [-0.25, -0.2) is 18.7 Å². The Morgan fingerprint density at radius 3 is 2.18 bits per heavy atom. The maximum atomic E-state index is 12.6. The van der Waals surface area contributed by atoms with Crippen LogP contribution in [-0.4, -0.2) is 166 Å². The minimum absolute atomic E-state index is 0. The highest BCUT2D eigenvalue weighted by atomic mass is 32.2. The number of ether oxygens (including phenoxy) is 5. The monoisotopic (exact) mass is 949 g/mol. The summed E-state index contributed by atoms with van der Waals surface area (Å²) in [5, 5.41) is 22.6. The lowest BCUT2D eigenvalue weighted by atomic mass is 10.0. The number of urea groups is 1. The van der Waals surface area contributed by atoms with Crippen molar-refractivity contribution in [3.8, 4) is 0 Å². The second-order valence-corrected chi connectivity index (χ2v) is 17.8. The van der Waals surface area contributed by atoms with Crippen molar-refractivity contribution in [2.24, 2.45) is 0 Å². The van der Waals surface area contributed by atoms with Crippen LogP contribution in [0.2, 0.25) is 0 Å². The molecule has 3 fully saturated rings. The number of aliphatic hydroxyl groups is 1. The predicted molar refractivity (Wildman–Crippen MR) is 221 cm³/mol. The molecule has 0 spiro atoms. The average Bonchev–Trinajstić information content (AvgIpc) is 3.84. The Bertz CT molecular complexity index is 1720. The van der Waals surface area contributed by atoms with Crippen molar-refractivity contribution in [2.45, 2.75) is 94.2 Å². The molecule has 0 radical (unpaired) electrons. The van der Waals surface area contributed by atoms with Crippen molar-refractivity contribution in [3.05, 3.63) is 22.2 Å². The lowest BCUT2D eigenvalue weighted by Crippen LogP contribution is -2.38. The third-order valence-electron chi connectivity index (χ3n) is 9.49. The van der Waals surface area contributed by atoms with Gasteiger partial charge >= 0.3 is 27.4 Å². The van der Waals surface area contributed by atoms with Gasteiger partial charge in [0.15, 0.2) is 6.23 Å². The summed E-state index contributed by atoms with van der Waals surface area (Å²) in [5.74, 6) is 0.493. The topological polar surface area (TPSA) is 360 Å².